The molecule has 4 heteroatoms. The Morgan fingerprint density at radius 2 is 2.22 bits per heavy atom. The number of hydrogen-bond acceptors (Lipinski definition) is 2. The van der Waals surface area contributed by atoms with E-state index in [9.17, 15) is 4.79 Å². The van der Waals surface area contributed by atoms with Gasteiger partial charge in [-0.15, -0.1) is 0 Å². The zero-order chi connectivity index (χ0) is 13.0. The second kappa shape index (κ2) is 6.55. The van der Waals surface area contributed by atoms with E-state index in [2.05, 4.69) is 5.32 Å². The molecule has 2 nitrogen and oxygen atoms in total. The van der Waals surface area contributed by atoms with Crippen LogP contribution in [-0.4, -0.2) is 18.9 Å². The number of halogens is 2. The molecule has 0 aliphatic carbocycles. The van der Waals surface area contributed by atoms with Crippen molar-refractivity contribution in [2.45, 2.75) is 25.7 Å². The van der Waals surface area contributed by atoms with Crippen molar-refractivity contribution < 1.29 is 4.79 Å². The van der Waals surface area contributed by atoms with Crippen LogP contribution in [0, 0.1) is 5.92 Å². The molecule has 0 aromatic heterocycles. The van der Waals surface area contributed by atoms with Crippen LogP contribution in [0.5, 0.6) is 0 Å². The zero-order valence-corrected chi connectivity index (χ0v) is 11.7. The van der Waals surface area contributed by atoms with Crippen LogP contribution in [0.2, 0.25) is 10.0 Å². The number of carbonyl (C=O) groups is 1. The second-order valence-electron chi connectivity index (χ2n) is 4.87. The lowest BCUT2D eigenvalue weighted by Gasteiger charge is -2.22. The lowest BCUT2D eigenvalue weighted by Crippen LogP contribution is -2.31. The van der Waals surface area contributed by atoms with Gasteiger partial charge in [-0.2, -0.15) is 0 Å². The molecule has 1 aromatic carbocycles. The molecule has 1 fully saturated rings. The summed E-state index contributed by atoms with van der Waals surface area (Å²) in [5, 5.41) is 4.51. The van der Waals surface area contributed by atoms with E-state index in [-0.39, 0.29) is 5.78 Å². The summed E-state index contributed by atoms with van der Waals surface area (Å²) in [4.78, 5) is 12.0. The van der Waals surface area contributed by atoms with Crippen LogP contribution < -0.4 is 5.32 Å². The highest BCUT2D eigenvalue weighted by Crippen LogP contribution is 2.23. The SMILES string of the molecule is O=C(Cc1ccc(Cl)cc1Cl)CC1CCCNC1. The average molecular weight is 286 g/mol. The van der Waals surface area contributed by atoms with Crippen LogP contribution >= 0.6 is 23.2 Å². The van der Waals surface area contributed by atoms with E-state index in [0.29, 0.717) is 28.8 Å². The second-order valence-corrected chi connectivity index (χ2v) is 5.71. The topological polar surface area (TPSA) is 29.1 Å². The molecule has 1 N–H and O–H groups in total. The van der Waals surface area contributed by atoms with Gasteiger partial charge in [0.25, 0.3) is 0 Å². The Kier molecular flexibility index (Phi) is 5.04. The van der Waals surface area contributed by atoms with Gasteiger partial charge >= 0.3 is 0 Å². The number of nitrogens with one attached hydrogen (secondary N) is 1. The molecule has 1 unspecified atom stereocenters. The van der Waals surface area contributed by atoms with Gasteiger partial charge in [0.2, 0.25) is 0 Å². The molecule has 2 rings (SSSR count). The van der Waals surface area contributed by atoms with Gasteiger partial charge in [-0.3, -0.25) is 4.79 Å². The van der Waals surface area contributed by atoms with Gasteiger partial charge in [-0.05, 0) is 49.5 Å². The van der Waals surface area contributed by atoms with Gasteiger partial charge in [0.15, 0.2) is 0 Å². The first-order valence-electron chi connectivity index (χ1n) is 6.31. The fourth-order valence-corrected chi connectivity index (χ4v) is 2.85. The van der Waals surface area contributed by atoms with E-state index < -0.39 is 0 Å². The molecular weight excluding hydrogens is 269 g/mol. The number of rotatable bonds is 4. The Balaban J connectivity index is 1.90. The first-order valence-corrected chi connectivity index (χ1v) is 7.07. The van der Waals surface area contributed by atoms with Gasteiger partial charge in [0, 0.05) is 22.9 Å². The third kappa shape index (κ3) is 3.98. The Hall–Kier alpha value is -0.570. The Morgan fingerprint density at radius 1 is 1.39 bits per heavy atom. The summed E-state index contributed by atoms with van der Waals surface area (Å²) in [6, 6.07) is 5.30. The van der Waals surface area contributed by atoms with Crippen molar-refractivity contribution in [2.24, 2.45) is 5.92 Å². The summed E-state index contributed by atoms with van der Waals surface area (Å²) in [6.45, 7) is 2.04. The van der Waals surface area contributed by atoms with Crippen molar-refractivity contribution in [3.8, 4) is 0 Å². The standard InChI is InChI=1S/C14H17Cl2NO/c15-12-4-3-11(14(16)8-12)7-13(18)6-10-2-1-5-17-9-10/h3-4,8,10,17H,1-2,5-7,9H2. The minimum atomic E-state index is 0.257. The highest BCUT2D eigenvalue weighted by Gasteiger charge is 2.17. The third-order valence-corrected chi connectivity index (χ3v) is 3.90. The first-order chi connectivity index (χ1) is 8.65. The van der Waals surface area contributed by atoms with Crippen LogP contribution in [0.1, 0.15) is 24.8 Å². The molecule has 0 amide bonds. The van der Waals surface area contributed by atoms with Gasteiger partial charge in [-0.1, -0.05) is 29.3 Å². The fraction of sp³-hybridized carbons (Fsp3) is 0.500. The maximum atomic E-state index is 12.0. The highest BCUT2D eigenvalue weighted by atomic mass is 35.5. The normalized spacial score (nSPS) is 19.8. The lowest BCUT2D eigenvalue weighted by atomic mass is 9.92. The van der Waals surface area contributed by atoms with Gasteiger partial charge < -0.3 is 5.32 Å². The minimum absolute atomic E-state index is 0.257. The molecule has 0 radical (unpaired) electrons. The molecule has 1 aromatic rings. The first kappa shape index (κ1) is 13.9. The maximum Gasteiger partial charge on any atom is 0.137 e. The molecule has 18 heavy (non-hydrogen) atoms. The maximum absolute atomic E-state index is 12.0. The van der Waals surface area contributed by atoms with E-state index in [1.165, 1.54) is 6.42 Å². The molecule has 1 aliphatic rings. The Labute approximate surface area is 118 Å². The van der Waals surface area contributed by atoms with Crippen molar-refractivity contribution >= 4 is 29.0 Å². The number of ketones is 1. The number of Topliss-reactive ketones (excluding diaryl/α,β-unsaturated/α-hetero) is 1. The van der Waals surface area contributed by atoms with Crippen LogP contribution in [-0.2, 0) is 11.2 Å². The molecule has 98 valence electrons. The molecule has 1 heterocycles. The highest BCUT2D eigenvalue weighted by molar-refractivity contribution is 6.35. The number of benzene rings is 1. The van der Waals surface area contributed by atoms with E-state index >= 15 is 0 Å². The van der Waals surface area contributed by atoms with Gasteiger partial charge in [0.1, 0.15) is 5.78 Å². The summed E-state index contributed by atoms with van der Waals surface area (Å²) in [7, 11) is 0. The van der Waals surface area contributed by atoms with Crippen LogP contribution in [0.4, 0.5) is 0 Å². The largest absolute Gasteiger partial charge is 0.316 e. The van der Waals surface area contributed by atoms with E-state index in [4.69, 9.17) is 23.2 Å². The van der Waals surface area contributed by atoms with Crippen LogP contribution in [0.15, 0.2) is 18.2 Å². The van der Waals surface area contributed by atoms with Crippen molar-refractivity contribution in [2.75, 3.05) is 13.1 Å². The Bertz CT molecular complexity index is 428. The summed E-state index contributed by atoms with van der Waals surface area (Å²) in [5.74, 6) is 0.741. The van der Waals surface area contributed by atoms with E-state index in [1.807, 2.05) is 6.07 Å². The summed E-state index contributed by atoms with van der Waals surface area (Å²) in [6.07, 6.45) is 3.37. The molecular formula is C14H17Cl2NO. The monoisotopic (exact) mass is 285 g/mol. The molecule has 1 atom stereocenters. The van der Waals surface area contributed by atoms with Gasteiger partial charge in [0.05, 0.1) is 0 Å². The summed E-state index contributed by atoms with van der Waals surface area (Å²) < 4.78 is 0. The number of hydrogen-bond donors (Lipinski definition) is 1. The molecule has 0 spiro atoms. The number of piperidine rings is 1. The molecule has 1 saturated heterocycles. The fourth-order valence-electron chi connectivity index (χ4n) is 2.37. The molecule has 1 aliphatic heterocycles. The van der Waals surface area contributed by atoms with Crippen molar-refractivity contribution in [1.82, 2.24) is 5.32 Å². The quantitative estimate of drug-likeness (QED) is 0.918. The zero-order valence-electron chi connectivity index (χ0n) is 10.2. The smallest absolute Gasteiger partial charge is 0.137 e. The summed E-state index contributed by atoms with van der Waals surface area (Å²) >= 11 is 11.9. The van der Waals surface area contributed by atoms with Crippen molar-refractivity contribution in [1.29, 1.82) is 0 Å². The van der Waals surface area contributed by atoms with Crippen molar-refractivity contribution in [3.63, 3.8) is 0 Å². The van der Waals surface area contributed by atoms with Gasteiger partial charge in [-0.25, -0.2) is 0 Å². The minimum Gasteiger partial charge on any atom is -0.316 e. The van der Waals surface area contributed by atoms with Crippen LogP contribution in [0.25, 0.3) is 0 Å². The van der Waals surface area contributed by atoms with E-state index in [0.717, 1.165) is 25.1 Å². The molecule has 0 bridgehead atoms. The predicted molar refractivity (Wildman–Crippen MR) is 75.4 cm³/mol. The average Bonchev–Trinajstić information content (AvgIpc) is 2.34. The van der Waals surface area contributed by atoms with Crippen molar-refractivity contribution in [3.05, 3.63) is 33.8 Å². The summed E-state index contributed by atoms with van der Waals surface area (Å²) in [5.41, 5.74) is 0.870. The lowest BCUT2D eigenvalue weighted by molar-refractivity contribution is -0.119. The Morgan fingerprint density at radius 3 is 2.89 bits per heavy atom. The molecule has 0 saturated carbocycles. The number of carbonyl (C=O) groups excluding carboxylic acids is 1. The van der Waals surface area contributed by atoms with E-state index in [1.54, 1.807) is 12.1 Å². The third-order valence-electron chi connectivity index (χ3n) is 3.32. The predicted octanol–water partition coefficient (Wildman–Crippen LogP) is 3.49. The van der Waals surface area contributed by atoms with Crippen LogP contribution in [0.3, 0.4) is 0 Å².